The summed E-state index contributed by atoms with van der Waals surface area (Å²) in [6, 6.07) is 0.174. The van der Waals surface area contributed by atoms with E-state index in [4.69, 9.17) is 9.47 Å². The van der Waals surface area contributed by atoms with E-state index in [0.717, 1.165) is 6.42 Å². The van der Waals surface area contributed by atoms with Crippen LogP contribution >= 0.6 is 0 Å². The number of hydrogen-bond acceptors (Lipinski definition) is 3. The number of amides is 1. The molecule has 1 aliphatic carbocycles. The molecule has 1 amide bonds. The molecule has 4 nitrogen and oxygen atoms in total. The fraction of sp³-hybridized carbons (Fsp3) is 0.900. The molecule has 2 saturated heterocycles. The van der Waals surface area contributed by atoms with E-state index in [2.05, 4.69) is 5.32 Å². The summed E-state index contributed by atoms with van der Waals surface area (Å²) in [6.45, 7) is 3.87. The Balaban J connectivity index is 1.87. The Morgan fingerprint density at radius 3 is 2.86 bits per heavy atom. The van der Waals surface area contributed by atoms with E-state index >= 15 is 0 Å². The second-order valence-corrected chi connectivity index (χ2v) is 4.94. The molecule has 4 atom stereocenters. The van der Waals surface area contributed by atoms with Gasteiger partial charge in [0.1, 0.15) is 6.10 Å². The first-order chi connectivity index (χ1) is 6.55. The molecule has 0 aromatic rings. The molecule has 1 unspecified atom stereocenters. The van der Waals surface area contributed by atoms with Gasteiger partial charge in [0.2, 0.25) is 5.91 Å². The number of hydrogen-bond donors (Lipinski definition) is 1. The second kappa shape index (κ2) is 2.49. The Kier molecular flexibility index (Phi) is 1.55. The summed E-state index contributed by atoms with van der Waals surface area (Å²) in [6.07, 6.45) is 1.80. The van der Waals surface area contributed by atoms with Gasteiger partial charge in [-0.15, -0.1) is 0 Å². The Bertz CT molecular complexity index is 265. The number of nitrogens with one attached hydrogen (secondary N) is 1. The van der Waals surface area contributed by atoms with Crippen molar-refractivity contribution in [2.24, 2.45) is 5.92 Å². The van der Waals surface area contributed by atoms with Crippen LogP contribution in [0.3, 0.4) is 0 Å². The lowest BCUT2D eigenvalue weighted by Gasteiger charge is -2.27. The van der Waals surface area contributed by atoms with Gasteiger partial charge in [0, 0.05) is 6.42 Å². The lowest BCUT2D eigenvalue weighted by Crippen LogP contribution is -2.43. The van der Waals surface area contributed by atoms with Crippen molar-refractivity contribution < 1.29 is 14.3 Å². The molecule has 0 aromatic carbocycles. The molecule has 4 heteroatoms. The van der Waals surface area contributed by atoms with Crippen LogP contribution in [0.4, 0.5) is 0 Å². The van der Waals surface area contributed by atoms with Gasteiger partial charge in [0.25, 0.3) is 0 Å². The first-order valence-corrected chi connectivity index (χ1v) is 5.20. The van der Waals surface area contributed by atoms with Gasteiger partial charge in [-0.3, -0.25) is 4.79 Å². The van der Waals surface area contributed by atoms with Crippen molar-refractivity contribution >= 4 is 5.91 Å². The topological polar surface area (TPSA) is 47.6 Å². The number of fused-ring (bicyclic) bond motifs is 5. The molecule has 0 spiro atoms. The van der Waals surface area contributed by atoms with E-state index in [1.807, 2.05) is 13.8 Å². The quantitative estimate of drug-likeness (QED) is 0.612. The lowest BCUT2D eigenvalue weighted by molar-refractivity contribution is -0.164. The Morgan fingerprint density at radius 2 is 2.07 bits per heavy atom. The average molecular weight is 197 g/mol. The SMILES string of the molecule is CC1(C)O[C@@H]2[C@H]3CC(=O)NC(C3)[C@@H]2O1. The van der Waals surface area contributed by atoms with Gasteiger partial charge in [-0.1, -0.05) is 0 Å². The summed E-state index contributed by atoms with van der Waals surface area (Å²) in [7, 11) is 0. The van der Waals surface area contributed by atoms with Crippen LogP contribution in [0.2, 0.25) is 0 Å². The predicted molar refractivity (Wildman–Crippen MR) is 48.5 cm³/mol. The predicted octanol–water partition coefficient (Wildman–Crippen LogP) is 0.415. The smallest absolute Gasteiger partial charge is 0.220 e. The zero-order valence-corrected chi connectivity index (χ0v) is 8.45. The molecule has 1 saturated carbocycles. The van der Waals surface area contributed by atoms with E-state index < -0.39 is 5.79 Å². The summed E-state index contributed by atoms with van der Waals surface area (Å²) in [5.41, 5.74) is 0. The first-order valence-electron chi connectivity index (χ1n) is 5.20. The number of ether oxygens (including phenoxy) is 2. The summed E-state index contributed by atoms with van der Waals surface area (Å²) < 4.78 is 11.6. The van der Waals surface area contributed by atoms with Crippen molar-refractivity contribution in [3.8, 4) is 0 Å². The standard InChI is InChI=1S/C10H15NO3/c1-10(2)13-8-5-3-6(9(8)14-10)11-7(12)4-5/h5-6,8-9H,3-4H2,1-2H3,(H,11,12)/t5-,6?,8-,9+/m1/s1. The summed E-state index contributed by atoms with van der Waals surface area (Å²) in [5.74, 6) is 0.0279. The van der Waals surface area contributed by atoms with E-state index in [-0.39, 0.29) is 24.2 Å². The normalized spacial score (nSPS) is 48.9. The van der Waals surface area contributed by atoms with Gasteiger partial charge < -0.3 is 14.8 Å². The highest BCUT2D eigenvalue weighted by Gasteiger charge is 2.56. The summed E-state index contributed by atoms with van der Waals surface area (Å²) in [5, 5.41) is 2.97. The van der Waals surface area contributed by atoms with Gasteiger partial charge in [-0.25, -0.2) is 0 Å². The van der Waals surface area contributed by atoms with Crippen molar-refractivity contribution in [3.63, 3.8) is 0 Å². The molecule has 78 valence electrons. The Hall–Kier alpha value is -0.610. The molecule has 3 aliphatic rings. The van der Waals surface area contributed by atoms with E-state index in [1.165, 1.54) is 0 Å². The average Bonchev–Trinajstić information content (AvgIpc) is 2.49. The molecule has 3 fully saturated rings. The molecule has 2 aliphatic heterocycles. The third-order valence-corrected chi connectivity index (χ3v) is 3.38. The highest BCUT2D eigenvalue weighted by Crippen LogP contribution is 2.44. The minimum atomic E-state index is -0.478. The lowest BCUT2D eigenvalue weighted by atomic mass is 9.98. The number of carbonyl (C=O) groups excluding carboxylic acids is 1. The van der Waals surface area contributed by atoms with Crippen LogP contribution in [0.15, 0.2) is 0 Å². The molecule has 14 heavy (non-hydrogen) atoms. The summed E-state index contributed by atoms with van der Waals surface area (Å²) in [4.78, 5) is 11.3. The fourth-order valence-electron chi connectivity index (χ4n) is 2.93. The molecule has 0 aromatic heterocycles. The first kappa shape index (κ1) is 8.68. The number of carbonyl (C=O) groups is 1. The molecule has 3 rings (SSSR count). The molecule has 1 N–H and O–H groups in total. The van der Waals surface area contributed by atoms with Crippen LogP contribution in [0, 0.1) is 5.92 Å². The third-order valence-electron chi connectivity index (χ3n) is 3.38. The molecule has 2 heterocycles. The van der Waals surface area contributed by atoms with Crippen LogP contribution in [0.5, 0.6) is 0 Å². The third kappa shape index (κ3) is 1.10. The van der Waals surface area contributed by atoms with Crippen LogP contribution in [-0.4, -0.2) is 29.9 Å². The maximum atomic E-state index is 11.3. The van der Waals surface area contributed by atoms with Gasteiger partial charge in [0.15, 0.2) is 5.79 Å². The highest BCUT2D eigenvalue weighted by molar-refractivity contribution is 5.78. The molecule has 0 radical (unpaired) electrons. The number of rotatable bonds is 0. The maximum absolute atomic E-state index is 11.3. The molecule has 2 bridgehead atoms. The van der Waals surface area contributed by atoms with Crippen LogP contribution < -0.4 is 5.32 Å². The van der Waals surface area contributed by atoms with Gasteiger partial charge in [-0.05, 0) is 26.2 Å². The zero-order valence-electron chi connectivity index (χ0n) is 8.45. The Morgan fingerprint density at radius 1 is 1.36 bits per heavy atom. The second-order valence-electron chi connectivity index (χ2n) is 4.94. The van der Waals surface area contributed by atoms with E-state index in [9.17, 15) is 4.79 Å². The van der Waals surface area contributed by atoms with Crippen LogP contribution in [0.1, 0.15) is 26.7 Å². The summed E-state index contributed by atoms with van der Waals surface area (Å²) >= 11 is 0. The van der Waals surface area contributed by atoms with Crippen molar-refractivity contribution in [2.75, 3.05) is 0 Å². The Labute approximate surface area is 82.9 Å². The van der Waals surface area contributed by atoms with E-state index in [0.29, 0.717) is 12.3 Å². The van der Waals surface area contributed by atoms with Gasteiger partial charge in [-0.2, -0.15) is 0 Å². The maximum Gasteiger partial charge on any atom is 0.220 e. The number of piperidine rings is 1. The van der Waals surface area contributed by atoms with Gasteiger partial charge in [0.05, 0.1) is 12.1 Å². The monoisotopic (exact) mass is 197 g/mol. The van der Waals surface area contributed by atoms with Crippen molar-refractivity contribution in [3.05, 3.63) is 0 Å². The minimum Gasteiger partial charge on any atom is -0.351 e. The van der Waals surface area contributed by atoms with Crippen LogP contribution in [-0.2, 0) is 14.3 Å². The van der Waals surface area contributed by atoms with Gasteiger partial charge >= 0.3 is 0 Å². The van der Waals surface area contributed by atoms with Crippen molar-refractivity contribution in [1.82, 2.24) is 5.32 Å². The van der Waals surface area contributed by atoms with Crippen LogP contribution in [0.25, 0.3) is 0 Å². The zero-order chi connectivity index (χ0) is 9.92. The minimum absolute atomic E-state index is 0.0708. The fourth-order valence-corrected chi connectivity index (χ4v) is 2.93. The molecular formula is C10H15NO3. The van der Waals surface area contributed by atoms with E-state index in [1.54, 1.807) is 0 Å². The largest absolute Gasteiger partial charge is 0.351 e. The highest BCUT2D eigenvalue weighted by atomic mass is 16.8. The molecular weight excluding hydrogens is 182 g/mol. The van der Waals surface area contributed by atoms with Crippen molar-refractivity contribution in [1.29, 1.82) is 0 Å². The van der Waals surface area contributed by atoms with Crippen molar-refractivity contribution in [2.45, 2.75) is 50.7 Å².